The summed E-state index contributed by atoms with van der Waals surface area (Å²) in [7, 11) is 1.51. The van der Waals surface area contributed by atoms with Gasteiger partial charge in [-0.05, 0) is 0 Å². The van der Waals surface area contributed by atoms with Crippen LogP contribution in [0.15, 0.2) is 18.2 Å². The molecule has 12 heavy (non-hydrogen) atoms. The predicted molar refractivity (Wildman–Crippen MR) is 45.5 cm³/mol. The first-order valence-corrected chi connectivity index (χ1v) is 2.93. The van der Waals surface area contributed by atoms with Crippen molar-refractivity contribution in [1.82, 2.24) is 0 Å². The molecular weight excluding hydrogens is 229 g/mol. The number of hydrogen-bond acceptors (Lipinski definition) is 2. The molecule has 1 rings (SSSR count). The minimum Gasteiger partial charge on any atom is -0.506 e. The van der Waals surface area contributed by atoms with Gasteiger partial charge in [0.15, 0.2) is 0 Å². The first-order chi connectivity index (χ1) is 4.74. The molecular formula is C9H12O2Y-2. The van der Waals surface area contributed by atoms with Crippen molar-refractivity contribution in [2.24, 2.45) is 0 Å². The van der Waals surface area contributed by atoms with Crippen LogP contribution in [0.25, 0.3) is 0 Å². The molecule has 0 saturated carbocycles. The third-order valence-electron chi connectivity index (χ3n) is 1.24. The summed E-state index contributed by atoms with van der Waals surface area (Å²) < 4.78 is 4.84. The number of hydrogen-bond donors (Lipinski definition) is 1. The summed E-state index contributed by atoms with van der Waals surface area (Å²) >= 11 is 0. The Morgan fingerprint density at radius 2 is 2.00 bits per heavy atom. The van der Waals surface area contributed by atoms with Crippen molar-refractivity contribution in [3.8, 4) is 11.5 Å². The van der Waals surface area contributed by atoms with E-state index < -0.39 is 0 Å². The Hall–Kier alpha value is -0.206. The first kappa shape index (κ1) is 14.3. The van der Waals surface area contributed by atoms with E-state index in [4.69, 9.17) is 9.84 Å². The van der Waals surface area contributed by atoms with E-state index in [1.165, 1.54) is 7.11 Å². The standard InChI is InChI=1S/C8H9O2.CH3.Y/c1-6-3-4-7(9)8(5-6)10-2;;/h3-5,9H,1H2,2H3;1H3;/q2*-1;. The van der Waals surface area contributed by atoms with Gasteiger partial charge in [-0.15, -0.1) is 6.07 Å². The van der Waals surface area contributed by atoms with Gasteiger partial charge in [-0.2, -0.15) is 18.6 Å². The van der Waals surface area contributed by atoms with Gasteiger partial charge in [-0.1, -0.05) is 6.07 Å². The van der Waals surface area contributed by atoms with E-state index in [0.717, 1.165) is 5.56 Å². The summed E-state index contributed by atoms with van der Waals surface area (Å²) in [4.78, 5) is 0. The average Bonchev–Trinajstić information content (AvgIpc) is 1.94. The van der Waals surface area contributed by atoms with Crippen LogP contribution in [-0.2, 0) is 32.7 Å². The molecule has 0 aliphatic rings. The molecule has 65 valence electrons. The molecule has 0 spiro atoms. The molecule has 1 aromatic rings. The molecule has 0 fully saturated rings. The third kappa shape index (κ3) is 3.46. The molecule has 0 bridgehead atoms. The molecule has 1 radical (unpaired) electrons. The largest absolute Gasteiger partial charge is 0.506 e. The summed E-state index contributed by atoms with van der Waals surface area (Å²) in [5, 5.41) is 9.08. The van der Waals surface area contributed by atoms with E-state index >= 15 is 0 Å². The van der Waals surface area contributed by atoms with Crippen molar-refractivity contribution >= 4 is 0 Å². The van der Waals surface area contributed by atoms with Crippen LogP contribution in [0, 0.1) is 14.4 Å². The second kappa shape index (κ2) is 6.33. The second-order valence-corrected chi connectivity index (χ2v) is 2.01. The fourth-order valence-corrected chi connectivity index (χ4v) is 0.722. The van der Waals surface area contributed by atoms with Gasteiger partial charge in [-0.25, -0.2) is 0 Å². The van der Waals surface area contributed by atoms with Crippen LogP contribution in [0.5, 0.6) is 11.5 Å². The van der Waals surface area contributed by atoms with Crippen LogP contribution in [0.2, 0.25) is 0 Å². The average molecular weight is 241 g/mol. The van der Waals surface area contributed by atoms with E-state index in [2.05, 4.69) is 6.92 Å². The molecule has 0 amide bonds. The zero-order valence-electron chi connectivity index (χ0n) is 7.37. The number of phenols is 1. The van der Waals surface area contributed by atoms with Crippen molar-refractivity contribution in [2.45, 2.75) is 0 Å². The summed E-state index contributed by atoms with van der Waals surface area (Å²) in [5.74, 6) is 0.613. The number of methoxy groups -OCH3 is 1. The van der Waals surface area contributed by atoms with Crippen molar-refractivity contribution < 1.29 is 42.6 Å². The Balaban J connectivity index is 0. The van der Waals surface area contributed by atoms with Crippen molar-refractivity contribution in [3.05, 3.63) is 38.1 Å². The van der Waals surface area contributed by atoms with Crippen LogP contribution in [0.1, 0.15) is 5.56 Å². The monoisotopic (exact) mass is 241 g/mol. The number of rotatable bonds is 1. The Morgan fingerprint density at radius 3 is 2.42 bits per heavy atom. The molecule has 0 aliphatic heterocycles. The van der Waals surface area contributed by atoms with E-state index in [1.54, 1.807) is 18.2 Å². The fourth-order valence-electron chi connectivity index (χ4n) is 0.722. The number of phenolic OH excluding ortho intramolecular Hbond substituents is 1. The van der Waals surface area contributed by atoms with Crippen molar-refractivity contribution in [2.75, 3.05) is 7.11 Å². The van der Waals surface area contributed by atoms with Crippen molar-refractivity contribution in [1.29, 1.82) is 0 Å². The SMILES string of the molecule is [CH2-]c1ccc(O)c(OC)c1.[CH3-].[Y]. The summed E-state index contributed by atoms with van der Waals surface area (Å²) in [6, 6.07) is 4.95. The summed E-state index contributed by atoms with van der Waals surface area (Å²) in [6.45, 7) is 3.68. The zero-order chi connectivity index (χ0) is 7.56. The van der Waals surface area contributed by atoms with Crippen LogP contribution >= 0.6 is 0 Å². The van der Waals surface area contributed by atoms with Gasteiger partial charge in [0.2, 0.25) is 0 Å². The molecule has 1 N–H and O–H groups in total. The minimum absolute atomic E-state index is 0. The molecule has 0 heterocycles. The van der Waals surface area contributed by atoms with E-state index in [1.807, 2.05) is 0 Å². The van der Waals surface area contributed by atoms with E-state index in [0.29, 0.717) is 5.75 Å². The Bertz CT molecular complexity index is 236. The molecule has 0 saturated heterocycles. The summed E-state index contributed by atoms with van der Waals surface area (Å²) in [5.41, 5.74) is 0.828. The fraction of sp³-hybridized carbons (Fsp3) is 0.111. The Morgan fingerprint density at radius 1 is 1.42 bits per heavy atom. The molecule has 1 aromatic carbocycles. The molecule has 0 aromatic heterocycles. The molecule has 3 heteroatoms. The van der Waals surface area contributed by atoms with Gasteiger partial charge in [0.25, 0.3) is 0 Å². The minimum atomic E-state index is 0. The molecule has 0 atom stereocenters. The maximum absolute atomic E-state index is 9.08. The van der Waals surface area contributed by atoms with Crippen LogP contribution in [-0.4, -0.2) is 12.2 Å². The quantitative estimate of drug-likeness (QED) is 0.762. The normalized spacial score (nSPS) is 7.75. The number of ether oxygens (including phenoxy) is 1. The van der Waals surface area contributed by atoms with Gasteiger partial charge in [0.1, 0.15) is 11.5 Å². The molecule has 0 unspecified atom stereocenters. The molecule has 0 aliphatic carbocycles. The van der Waals surface area contributed by atoms with Gasteiger partial charge >= 0.3 is 0 Å². The Kier molecular flexibility index (Phi) is 7.55. The topological polar surface area (TPSA) is 29.5 Å². The van der Waals surface area contributed by atoms with Crippen molar-refractivity contribution in [3.63, 3.8) is 0 Å². The van der Waals surface area contributed by atoms with Crippen LogP contribution in [0.3, 0.4) is 0 Å². The van der Waals surface area contributed by atoms with Gasteiger partial charge < -0.3 is 17.3 Å². The van der Waals surface area contributed by atoms with Gasteiger partial charge in [0, 0.05) is 32.7 Å². The number of benzene rings is 1. The Labute approximate surface area is 98.8 Å². The maximum atomic E-state index is 9.08. The van der Waals surface area contributed by atoms with E-state index in [9.17, 15) is 0 Å². The van der Waals surface area contributed by atoms with Crippen LogP contribution < -0.4 is 4.74 Å². The first-order valence-electron chi connectivity index (χ1n) is 2.93. The third-order valence-corrected chi connectivity index (χ3v) is 1.24. The van der Waals surface area contributed by atoms with E-state index in [-0.39, 0.29) is 45.9 Å². The summed E-state index contributed by atoms with van der Waals surface area (Å²) in [6.07, 6.45) is 0. The second-order valence-electron chi connectivity index (χ2n) is 2.01. The smallest absolute Gasteiger partial charge is 0.132 e. The number of aromatic hydroxyl groups is 1. The predicted octanol–water partition coefficient (Wildman–Crippen LogP) is 2.03. The van der Waals surface area contributed by atoms with Gasteiger partial charge in [0.05, 0.1) is 7.11 Å². The molecule has 2 nitrogen and oxygen atoms in total. The van der Waals surface area contributed by atoms with Crippen LogP contribution in [0.4, 0.5) is 0 Å². The zero-order valence-corrected chi connectivity index (χ0v) is 10.2. The van der Waals surface area contributed by atoms with Gasteiger partial charge in [-0.3, -0.25) is 0 Å². The maximum Gasteiger partial charge on any atom is 0.132 e.